The van der Waals surface area contributed by atoms with Gasteiger partial charge in [0.25, 0.3) is 0 Å². The summed E-state index contributed by atoms with van der Waals surface area (Å²) in [5.74, 6) is 0.222. The fraction of sp³-hybridized carbons (Fsp3) is 0.500. The summed E-state index contributed by atoms with van der Waals surface area (Å²) in [6.45, 7) is 1.76. The van der Waals surface area contributed by atoms with Crippen LogP contribution in [-0.4, -0.2) is 22.8 Å². The van der Waals surface area contributed by atoms with Gasteiger partial charge in [-0.1, -0.05) is 0 Å². The molecular weight excluding hydrogens is 245 g/mol. The molecule has 19 heavy (non-hydrogen) atoms. The van der Waals surface area contributed by atoms with Crippen LogP contribution in [0.3, 0.4) is 0 Å². The Kier molecular flexibility index (Phi) is 2.93. The Balaban J connectivity index is 2.08. The molecule has 1 heterocycles. The minimum atomic E-state index is -0.238. The van der Waals surface area contributed by atoms with Crippen molar-refractivity contribution in [3.63, 3.8) is 0 Å². The van der Waals surface area contributed by atoms with Crippen LogP contribution in [0.2, 0.25) is 0 Å². The normalized spacial score (nSPS) is 23.3. The van der Waals surface area contributed by atoms with Gasteiger partial charge in [-0.2, -0.15) is 0 Å². The number of nitrogen functional groups attached to an aromatic ring is 1. The van der Waals surface area contributed by atoms with Crippen LogP contribution in [-0.2, 0) is 4.74 Å². The maximum atomic E-state index is 13.6. The van der Waals surface area contributed by atoms with E-state index in [9.17, 15) is 4.39 Å². The number of rotatable bonds is 2. The molecule has 0 aliphatic heterocycles. The highest BCUT2D eigenvalue weighted by Gasteiger charge is 2.28. The number of halogens is 1. The minimum Gasteiger partial charge on any atom is -0.381 e. The van der Waals surface area contributed by atoms with Gasteiger partial charge in [-0.3, -0.25) is 0 Å². The maximum absolute atomic E-state index is 13.6. The molecule has 1 fully saturated rings. The number of fused-ring (bicyclic) bond motifs is 1. The van der Waals surface area contributed by atoms with E-state index in [1.165, 1.54) is 6.07 Å². The van der Waals surface area contributed by atoms with Gasteiger partial charge in [0.2, 0.25) is 5.95 Å². The Hall–Kier alpha value is -1.62. The molecular formula is C14H18FN3O. The van der Waals surface area contributed by atoms with Crippen LogP contribution in [0.5, 0.6) is 0 Å². The summed E-state index contributed by atoms with van der Waals surface area (Å²) in [5.41, 5.74) is 8.17. The molecule has 1 aliphatic carbocycles. The smallest absolute Gasteiger partial charge is 0.201 e. The number of aryl methyl sites for hydroxylation is 1. The lowest BCUT2D eigenvalue weighted by Crippen LogP contribution is -2.11. The van der Waals surface area contributed by atoms with Crippen LogP contribution >= 0.6 is 0 Å². The molecule has 0 saturated heterocycles. The molecule has 1 aromatic heterocycles. The van der Waals surface area contributed by atoms with Crippen LogP contribution in [0.25, 0.3) is 11.0 Å². The second-order valence-corrected chi connectivity index (χ2v) is 5.25. The average molecular weight is 263 g/mol. The van der Waals surface area contributed by atoms with Crippen molar-refractivity contribution in [1.82, 2.24) is 9.55 Å². The molecule has 3 rings (SSSR count). The number of nitrogens with two attached hydrogens (primary N) is 1. The van der Waals surface area contributed by atoms with E-state index < -0.39 is 0 Å². The number of hydrogen-bond acceptors (Lipinski definition) is 3. The highest BCUT2D eigenvalue weighted by atomic mass is 19.1. The highest BCUT2D eigenvalue weighted by molar-refractivity contribution is 5.79. The highest BCUT2D eigenvalue weighted by Crippen LogP contribution is 2.36. The summed E-state index contributed by atoms with van der Waals surface area (Å²) in [5, 5.41) is 0. The Bertz CT molecular complexity index is 623. The summed E-state index contributed by atoms with van der Waals surface area (Å²) in [7, 11) is 1.74. The first-order valence-corrected chi connectivity index (χ1v) is 6.56. The molecule has 0 spiro atoms. The monoisotopic (exact) mass is 263 g/mol. The molecule has 2 aromatic rings. The number of imidazole rings is 1. The van der Waals surface area contributed by atoms with Gasteiger partial charge in [-0.05, 0) is 37.8 Å². The minimum absolute atomic E-state index is 0.238. The molecule has 0 radical (unpaired) electrons. The second kappa shape index (κ2) is 4.49. The maximum Gasteiger partial charge on any atom is 0.201 e. The molecule has 102 valence electrons. The lowest BCUT2D eigenvalue weighted by atomic mass is 10.2. The van der Waals surface area contributed by atoms with E-state index in [1.807, 2.05) is 10.6 Å². The quantitative estimate of drug-likeness (QED) is 0.906. The molecule has 1 aromatic carbocycles. The first-order chi connectivity index (χ1) is 9.10. The zero-order valence-corrected chi connectivity index (χ0v) is 11.2. The van der Waals surface area contributed by atoms with Crippen molar-refractivity contribution in [1.29, 1.82) is 0 Å². The summed E-state index contributed by atoms with van der Waals surface area (Å²) in [4.78, 5) is 4.27. The van der Waals surface area contributed by atoms with Crippen molar-refractivity contribution < 1.29 is 9.13 Å². The number of aromatic nitrogens is 2. The molecule has 1 saturated carbocycles. The number of ether oxygens (including phenoxy) is 1. The summed E-state index contributed by atoms with van der Waals surface area (Å²) >= 11 is 0. The van der Waals surface area contributed by atoms with E-state index in [2.05, 4.69) is 4.98 Å². The van der Waals surface area contributed by atoms with Crippen molar-refractivity contribution >= 4 is 17.0 Å². The number of nitrogens with zero attached hydrogens (tertiary/aromatic N) is 2. The number of hydrogen-bond donors (Lipinski definition) is 1. The third kappa shape index (κ3) is 1.98. The predicted molar refractivity (Wildman–Crippen MR) is 72.5 cm³/mol. The van der Waals surface area contributed by atoms with E-state index in [-0.39, 0.29) is 11.9 Å². The van der Waals surface area contributed by atoms with Gasteiger partial charge in [0.1, 0.15) is 5.82 Å². The molecule has 4 nitrogen and oxygen atoms in total. The predicted octanol–water partition coefficient (Wildman–Crippen LogP) is 2.81. The standard InChI is InChI=1S/C14H18FN3O/c1-8-5-13-12(7-11(8)15)17-14(16)18(13)9-3-4-10(6-9)19-2/h5,7,9-10H,3-4,6H2,1-2H3,(H2,16,17). The van der Waals surface area contributed by atoms with Gasteiger partial charge in [-0.15, -0.1) is 0 Å². The van der Waals surface area contributed by atoms with Gasteiger partial charge in [0.05, 0.1) is 17.1 Å². The van der Waals surface area contributed by atoms with E-state index in [1.54, 1.807) is 14.0 Å². The van der Waals surface area contributed by atoms with Gasteiger partial charge in [0, 0.05) is 19.2 Å². The Morgan fingerprint density at radius 2 is 2.21 bits per heavy atom. The van der Waals surface area contributed by atoms with Crippen LogP contribution in [0, 0.1) is 12.7 Å². The molecule has 0 amide bonds. The molecule has 2 N–H and O–H groups in total. The second-order valence-electron chi connectivity index (χ2n) is 5.25. The van der Waals surface area contributed by atoms with Crippen LogP contribution in [0.1, 0.15) is 30.9 Å². The van der Waals surface area contributed by atoms with Crippen LogP contribution in [0.4, 0.5) is 10.3 Å². The van der Waals surface area contributed by atoms with Gasteiger partial charge in [-0.25, -0.2) is 9.37 Å². The van der Waals surface area contributed by atoms with Crippen LogP contribution < -0.4 is 5.73 Å². The Labute approximate surface area is 111 Å². The first kappa shape index (κ1) is 12.4. The van der Waals surface area contributed by atoms with Crippen molar-refractivity contribution in [3.8, 4) is 0 Å². The van der Waals surface area contributed by atoms with Crippen molar-refractivity contribution in [2.45, 2.75) is 38.3 Å². The SMILES string of the molecule is COC1CCC(n2c(N)nc3cc(F)c(C)cc32)C1. The zero-order chi connectivity index (χ0) is 13.6. The fourth-order valence-corrected chi connectivity index (χ4v) is 2.99. The average Bonchev–Trinajstić information content (AvgIpc) is 2.94. The number of anilines is 1. The van der Waals surface area contributed by atoms with Crippen molar-refractivity contribution in [2.75, 3.05) is 12.8 Å². The third-order valence-electron chi connectivity index (χ3n) is 4.05. The Morgan fingerprint density at radius 1 is 1.42 bits per heavy atom. The zero-order valence-electron chi connectivity index (χ0n) is 11.2. The van der Waals surface area contributed by atoms with E-state index in [4.69, 9.17) is 10.5 Å². The lowest BCUT2D eigenvalue weighted by molar-refractivity contribution is 0.106. The largest absolute Gasteiger partial charge is 0.381 e. The molecule has 2 unspecified atom stereocenters. The van der Waals surface area contributed by atoms with Gasteiger partial charge < -0.3 is 15.0 Å². The summed E-state index contributed by atoms with van der Waals surface area (Å²) in [6.07, 6.45) is 3.26. The number of methoxy groups -OCH3 is 1. The molecule has 5 heteroatoms. The van der Waals surface area contributed by atoms with E-state index in [0.717, 1.165) is 24.8 Å². The van der Waals surface area contributed by atoms with Crippen molar-refractivity contribution in [3.05, 3.63) is 23.5 Å². The third-order valence-corrected chi connectivity index (χ3v) is 4.05. The van der Waals surface area contributed by atoms with Crippen LogP contribution in [0.15, 0.2) is 12.1 Å². The molecule has 0 bridgehead atoms. The van der Waals surface area contributed by atoms with E-state index in [0.29, 0.717) is 23.1 Å². The molecule has 2 atom stereocenters. The van der Waals surface area contributed by atoms with Crippen molar-refractivity contribution in [2.24, 2.45) is 0 Å². The fourth-order valence-electron chi connectivity index (χ4n) is 2.99. The van der Waals surface area contributed by atoms with E-state index >= 15 is 0 Å². The topological polar surface area (TPSA) is 53.1 Å². The lowest BCUT2D eigenvalue weighted by Gasteiger charge is -2.15. The first-order valence-electron chi connectivity index (χ1n) is 6.56. The summed E-state index contributed by atoms with van der Waals surface area (Å²) < 4.78 is 21.0. The van der Waals surface area contributed by atoms with Gasteiger partial charge >= 0.3 is 0 Å². The summed E-state index contributed by atoms with van der Waals surface area (Å²) in [6, 6.07) is 3.58. The van der Waals surface area contributed by atoms with Gasteiger partial charge in [0.15, 0.2) is 0 Å². The molecule has 1 aliphatic rings. The number of benzene rings is 1. The Morgan fingerprint density at radius 3 is 2.89 bits per heavy atom.